The minimum Gasteiger partial charge on any atom is -0.463 e. The Balaban J connectivity index is 1.83. The van der Waals surface area contributed by atoms with E-state index < -0.39 is 22.7 Å². The molecule has 0 heterocycles. The smallest absolute Gasteiger partial charge is 0.333 e. The molecule has 0 amide bonds. The van der Waals surface area contributed by atoms with Crippen molar-refractivity contribution < 1.29 is 23.5 Å². The first kappa shape index (κ1) is 49.1. The molecule has 322 valence electrons. The molecule has 0 bridgehead atoms. The van der Waals surface area contributed by atoms with Gasteiger partial charge in [-0.3, -0.25) is 0 Å². The lowest BCUT2D eigenvalue weighted by molar-refractivity contribution is -0.139. The summed E-state index contributed by atoms with van der Waals surface area (Å²) in [6.07, 6.45) is 20.7. The monoisotopic (exact) mass is 813 g/mol. The van der Waals surface area contributed by atoms with Gasteiger partial charge in [0.25, 0.3) is 0 Å². The second-order valence-electron chi connectivity index (χ2n) is 21.6. The van der Waals surface area contributed by atoms with Gasteiger partial charge in [0.1, 0.15) is 0 Å². The highest BCUT2D eigenvalue weighted by atomic mass is 28.4. The molecule has 0 radical (unpaired) electrons. The van der Waals surface area contributed by atoms with Crippen LogP contribution in [0.15, 0.2) is 47.6 Å². The van der Waals surface area contributed by atoms with Gasteiger partial charge in [0.05, 0.1) is 24.9 Å². The second-order valence-corrected chi connectivity index (χ2v) is 31.1. The van der Waals surface area contributed by atoms with Crippen LogP contribution in [0.5, 0.6) is 0 Å². The first-order chi connectivity index (χ1) is 25.9. The summed E-state index contributed by atoms with van der Waals surface area (Å²) in [6, 6.07) is 0. The Morgan fingerprint density at radius 1 is 0.946 bits per heavy atom. The molecule has 0 aromatic rings. The third kappa shape index (κ3) is 12.4. The van der Waals surface area contributed by atoms with E-state index in [9.17, 15) is 9.90 Å². The number of hydrogen-bond donors (Lipinski definition) is 1. The number of fused-ring (bicyclic) bond motifs is 1. The van der Waals surface area contributed by atoms with Gasteiger partial charge >= 0.3 is 5.97 Å². The fourth-order valence-electron chi connectivity index (χ4n) is 9.81. The molecule has 0 spiro atoms. The fraction of sp³-hybridized carbons (Fsp3) is 0.816. The van der Waals surface area contributed by atoms with Crippen molar-refractivity contribution in [3.63, 3.8) is 0 Å². The highest BCUT2D eigenvalue weighted by Crippen LogP contribution is 2.60. The molecule has 7 heteroatoms. The number of carbonyl (C=O) groups is 1. The zero-order chi connectivity index (χ0) is 42.3. The zero-order valence-corrected chi connectivity index (χ0v) is 41.0. The molecular formula is C49H88O5Si2. The highest BCUT2D eigenvalue weighted by molar-refractivity contribution is 6.74. The van der Waals surface area contributed by atoms with E-state index in [2.05, 4.69) is 107 Å². The van der Waals surface area contributed by atoms with Crippen molar-refractivity contribution in [1.82, 2.24) is 0 Å². The highest BCUT2D eigenvalue weighted by Gasteiger charge is 2.51. The maximum absolute atomic E-state index is 12.9. The molecule has 3 aliphatic carbocycles. The summed E-state index contributed by atoms with van der Waals surface area (Å²) in [4.78, 5) is 12.9. The van der Waals surface area contributed by atoms with Crippen molar-refractivity contribution in [3.05, 3.63) is 47.6 Å². The molecule has 3 rings (SSSR count). The van der Waals surface area contributed by atoms with Crippen LogP contribution in [0.1, 0.15) is 166 Å². The lowest BCUT2D eigenvalue weighted by atomic mass is 9.60. The number of rotatable bonds is 19. The summed E-state index contributed by atoms with van der Waals surface area (Å²) in [6.45, 7) is 41.6. The predicted molar refractivity (Wildman–Crippen MR) is 244 cm³/mol. The minimum absolute atomic E-state index is 0.0198. The van der Waals surface area contributed by atoms with Crippen LogP contribution in [0.2, 0.25) is 36.3 Å². The van der Waals surface area contributed by atoms with Crippen LogP contribution in [0.25, 0.3) is 0 Å². The van der Waals surface area contributed by atoms with E-state index in [1.54, 1.807) is 5.57 Å². The van der Waals surface area contributed by atoms with Gasteiger partial charge < -0.3 is 18.7 Å². The topological polar surface area (TPSA) is 65.0 Å². The third-order valence-electron chi connectivity index (χ3n) is 15.4. The summed E-state index contributed by atoms with van der Waals surface area (Å²) < 4.78 is 19.6. The van der Waals surface area contributed by atoms with Gasteiger partial charge in [-0.25, -0.2) is 4.79 Å². The average Bonchev–Trinajstić information content (AvgIpc) is 3.44. The Labute approximate surface area is 348 Å². The summed E-state index contributed by atoms with van der Waals surface area (Å²) in [5.74, 6) is 0.813. The van der Waals surface area contributed by atoms with Crippen molar-refractivity contribution in [2.45, 2.75) is 220 Å². The van der Waals surface area contributed by atoms with Crippen LogP contribution >= 0.6 is 0 Å². The summed E-state index contributed by atoms with van der Waals surface area (Å²) in [5.41, 5.74) is 4.67. The van der Waals surface area contributed by atoms with Gasteiger partial charge in [0.15, 0.2) is 16.6 Å². The second kappa shape index (κ2) is 20.3. The van der Waals surface area contributed by atoms with Gasteiger partial charge in [-0.1, -0.05) is 132 Å². The first-order valence-electron chi connectivity index (χ1n) is 22.9. The molecule has 56 heavy (non-hydrogen) atoms. The first-order valence-corrected chi connectivity index (χ1v) is 28.7. The van der Waals surface area contributed by atoms with E-state index in [0.29, 0.717) is 36.4 Å². The molecule has 1 N–H and O–H groups in total. The van der Waals surface area contributed by atoms with Crippen molar-refractivity contribution in [2.75, 3.05) is 6.61 Å². The van der Waals surface area contributed by atoms with E-state index >= 15 is 0 Å². The number of carbonyl (C=O) groups excluding carboxylic acids is 1. The Bertz CT molecular complexity index is 1380. The molecule has 3 aliphatic rings. The molecule has 3 fully saturated rings. The van der Waals surface area contributed by atoms with Gasteiger partial charge in [-0.05, 0) is 129 Å². The molecule has 0 aromatic heterocycles. The average molecular weight is 813 g/mol. The van der Waals surface area contributed by atoms with E-state index in [-0.39, 0.29) is 39.6 Å². The van der Waals surface area contributed by atoms with Crippen LogP contribution in [0.4, 0.5) is 0 Å². The van der Waals surface area contributed by atoms with Gasteiger partial charge in [0, 0.05) is 17.9 Å². The van der Waals surface area contributed by atoms with Crippen LogP contribution in [0, 0.1) is 29.1 Å². The van der Waals surface area contributed by atoms with Gasteiger partial charge in [-0.2, -0.15) is 0 Å². The van der Waals surface area contributed by atoms with Crippen molar-refractivity contribution >= 4 is 22.6 Å². The van der Waals surface area contributed by atoms with Gasteiger partial charge in [-0.15, -0.1) is 0 Å². The molecule has 8 atom stereocenters. The Morgan fingerprint density at radius 2 is 1.55 bits per heavy atom. The third-order valence-corrected chi connectivity index (χ3v) is 24.4. The molecule has 5 nitrogen and oxygen atoms in total. The fourth-order valence-corrected chi connectivity index (χ4v) is 12.5. The van der Waals surface area contributed by atoms with Crippen LogP contribution in [0.3, 0.4) is 0 Å². The molecule has 0 saturated heterocycles. The quantitative estimate of drug-likeness (QED) is 0.0609. The van der Waals surface area contributed by atoms with E-state index in [4.69, 9.17) is 20.2 Å². The van der Waals surface area contributed by atoms with Crippen LogP contribution in [-0.2, 0) is 18.4 Å². The van der Waals surface area contributed by atoms with Crippen LogP contribution in [-0.4, -0.2) is 52.6 Å². The molecular weight excluding hydrogens is 725 g/mol. The van der Waals surface area contributed by atoms with Gasteiger partial charge in [0.2, 0.25) is 0 Å². The van der Waals surface area contributed by atoms with Crippen molar-refractivity contribution in [1.29, 1.82) is 0 Å². The van der Waals surface area contributed by atoms with Crippen LogP contribution < -0.4 is 0 Å². The number of aliphatic hydroxyl groups is 1. The number of ether oxygens (including phenoxy) is 1. The van der Waals surface area contributed by atoms with E-state index in [1.165, 1.54) is 56.9 Å². The number of esters is 1. The number of aliphatic hydroxyl groups excluding tert-OH is 1. The lowest BCUT2D eigenvalue weighted by Crippen LogP contribution is -2.49. The standard InChI is InChI=1S/C49H88O5Si2/c1-17-19-20-21-22-23-26-41(37(5)46(51)52-18-2)44(50)32-35(3)42-29-30-43-38(25-24-31-49(42,43)12)27-28-39-33-40(53-55(13,14)47(6,7)8)34-45(36(39)4)54-56(15,16)48(9,10)11/h27-28,35,40-45,50H,4-5,17-26,29-34H2,1-3,6-16H3/t35-,40-,41?,42-,43+,44?,45+,49-/m1/s1. The number of unbranched alkanes of at least 4 members (excludes halogenated alkanes) is 5. The lowest BCUT2D eigenvalue weighted by Gasteiger charge is -2.46. The summed E-state index contributed by atoms with van der Waals surface area (Å²) in [5, 5.41) is 12.1. The Morgan fingerprint density at radius 3 is 2.16 bits per heavy atom. The number of hydrogen-bond acceptors (Lipinski definition) is 5. The maximum atomic E-state index is 12.9. The normalized spacial score (nSPS) is 28.3. The van der Waals surface area contributed by atoms with E-state index in [0.717, 1.165) is 44.1 Å². The predicted octanol–water partition coefficient (Wildman–Crippen LogP) is 14.1. The largest absolute Gasteiger partial charge is 0.463 e. The SMILES string of the molecule is C=C(C(=O)OCC)C(CCCCCCCC)C(O)C[C@@H](C)[C@H]1CC[C@H]2C(=CC=C3C[C@@H](O[Si](C)(C)C(C)(C)C)C[C@H](O[Si](C)(C)C(C)(C)C)C3=C)CCC[C@]12C. The summed E-state index contributed by atoms with van der Waals surface area (Å²) in [7, 11) is -4.01. The molecule has 0 aromatic carbocycles. The minimum atomic E-state index is -2.03. The Hall–Kier alpha value is -1.26. The molecule has 2 unspecified atom stereocenters. The molecule has 3 saturated carbocycles. The number of allylic oxidation sites excluding steroid dienone is 3. The Kier molecular flexibility index (Phi) is 17.8. The summed E-state index contributed by atoms with van der Waals surface area (Å²) >= 11 is 0. The van der Waals surface area contributed by atoms with Crippen molar-refractivity contribution in [2.24, 2.45) is 29.1 Å². The zero-order valence-electron chi connectivity index (χ0n) is 39.0. The van der Waals surface area contributed by atoms with Crippen molar-refractivity contribution in [3.8, 4) is 0 Å². The maximum Gasteiger partial charge on any atom is 0.333 e. The molecule has 0 aliphatic heterocycles. The van der Waals surface area contributed by atoms with E-state index in [1.807, 2.05) is 6.92 Å².